The third-order valence-electron chi connectivity index (χ3n) is 1.09. The smallest absolute Gasteiger partial charge is 0.119 e. The molecule has 2 heteroatoms. The molecule has 9 heavy (non-hydrogen) atoms. The van der Waals surface area contributed by atoms with E-state index in [0.717, 1.165) is 6.29 Å². The topological polar surface area (TPSA) is 17.1 Å². The molecule has 0 saturated carbocycles. The van der Waals surface area contributed by atoms with Crippen LogP contribution in [-0.2, 0) is 4.79 Å². The van der Waals surface area contributed by atoms with Crippen molar-refractivity contribution in [1.29, 1.82) is 0 Å². The first-order valence-corrected chi connectivity index (χ1v) is 3.19. The summed E-state index contributed by atoms with van der Waals surface area (Å²) in [5.41, 5.74) is -1.11. The molecular formula is C7H13FO. The van der Waals surface area contributed by atoms with E-state index in [-0.39, 0.29) is 0 Å². The number of carbonyl (C=O) groups excluding carboxylic acids is 1. The Bertz CT molecular complexity index is 83.4. The molecule has 0 spiro atoms. The van der Waals surface area contributed by atoms with Gasteiger partial charge in [0.1, 0.15) is 12.0 Å². The van der Waals surface area contributed by atoms with Crippen LogP contribution < -0.4 is 0 Å². The van der Waals surface area contributed by atoms with Crippen molar-refractivity contribution in [3.8, 4) is 0 Å². The fourth-order valence-corrected chi connectivity index (χ4v) is 0.606. The average Bonchev–Trinajstić information content (AvgIpc) is 1.63. The summed E-state index contributed by atoms with van der Waals surface area (Å²) in [5, 5.41) is 0. The quantitative estimate of drug-likeness (QED) is 0.423. The summed E-state index contributed by atoms with van der Waals surface area (Å²) in [5.74, 6) is 0. The Kier molecular flexibility index (Phi) is 3.43. The molecule has 0 radical (unpaired) electrons. The fourth-order valence-electron chi connectivity index (χ4n) is 0.606. The van der Waals surface area contributed by atoms with Crippen molar-refractivity contribution in [2.75, 3.05) is 0 Å². The summed E-state index contributed by atoms with van der Waals surface area (Å²) in [7, 11) is 0. The minimum absolute atomic E-state index is 0.478. The first-order chi connectivity index (χ1) is 4.06. The third-order valence-corrected chi connectivity index (χ3v) is 1.09. The fraction of sp³-hybridized carbons (Fsp3) is 0.857. The van der Waals surface area contributed by atoms with Gasteiger partial charge in [0.2, 0.25) is 0 Å². The minimum atomic E-state index is -1.11. The number of hydrogen-bond donors (Lipinski definition) is 0. The van der Waals surface area contributed by atoms with Crippen molar-refractivity contribution in [3.63, 3.8) is 0 Å². The monoisotopic (exact) mass is 132 g/mol. The molecule has 0 aliphatic rings. The molecule has 0 aliphatic heterocycles. The van der Waals surface area contributed by atoms with E-state index in [2.05, 4.69) is 0 Å². The van der Waals surface area contributed by atoms with Crippen molar-refractivity contribution in [3.05, 3.63) is 0 Å². The van der Waals surface area contributed by atoms with Crippen molar-refractivity contribution in [1.82, 2.24) is 0 Å². The number of carbonyl (C=O) groups is 1. The van der Waals surface area contributed by atoms with Crippen LogP contribution in [0.1, 0.15) is 33.1 Å². The molecule has 0 aromatic carbocycles. The number of halogens is 1. The summed E-state index contributed by atoms with van der Waals surface area (Å²) < 4.78 is 12.6. The van der Waals surface area contributed by atoms with Crippen LogP contribution in [0, 0.1) is 0 Å². The summed E-state index contributed by atoms with van der Waals surface area (Å²) in [4.78, 5) is 9.77. The number of hydrogen-bond acceptors (Lipinski definition) is 1. The Labute approximate surface area is 55.3 Å². The summed E-state index contributed by atoms with van der Waals surface area (Å²) in [6.45, 7) is 3.05. The van der Waals surface area contributed by atoms with Crippen molar-refractivity contribution >= 4 is 6.29 Å². The van der Waals surface area contributed by atoms with Crippen LogP contribution in [0.3, 0.4) is 0 Å². The SMILES string of the molecule is CC(C)(F)CCCC=O. The van der Waals surface area contributed by atoms with Crippen LogP contribution in [0.5, 0.6) is 0 Å². The molecule has 0 aromatic heterocycles. The van der Waals surface area contributed by atoms with Gasteiger partial charge in [-0.3, -0.25) is 0 Å². The number of unbranched alkanes of at least 4 members (excludes halogenated alkanes) is 1. The van der Waals surface area contributed by atoms with Crippen molar-refractivity contribution < 1.29 is 9.18 Å². The highest BCUT2D eigenvalue weighted by atomic mass is 19.1. The zero-order valence-electron chi connectivity index (χ0n) is 5.98. The normalized spacial score (nSPS) is 11.4. The number of rotatable bonds is 4. The lowest BCUT2D eigenvalue weighted by Gasteiger charge is -2.11. The van der Waals surface area contributed by atoms with Gasteiger partial charge in [0.15, 0.2) is 0 Å². The standard InChI is InChI=1S/C7H13FO/c1-7(2,8)5-3-4-6-9/h6H,3-5H2,1-2H3. The van der Waals surface area contributed by atoms with Crippen LogP contribution >= 0.6 is 0 Å². The second kappa shape index (κ2) is 3.59. The zero-order valence-corrected chi connectivity index (χ0v) is 5.98. The van der Waals surface area contributed by atoms with E-state index in [1.807, 2.05) is 0 Å². The highest BCUT2D eigenvalue weighted by Gasteiger charge is 2.13. The van der Waals surface area contributed by atoms with Gasteiger partial charge >= 0.3 is 0 Å². The summed E-state index contributed by atoms with van der Waals surface area (Å²) in [6.07, 6.45) is 2.44. The molecule has 0 fully saturated rings. The van der Waals surface area contributed by atoms with Gasteiger partial charge < -0.3 is 4.79 Å². The molecular weight excluding hydrogens is 119 g/mol. The summed E-state index contributed by atoms with van der Waals surface area (Å²) in [6, 6.07) is 0. The lowest BCUT2D eigenvalue weighted by molar-refractivity contribution is -0.108. The van der Waals surface area contributed by atoms with Gasteiger partial charge in [0.25, 0.3) is 0 Å². The van der Waals surface area contributed by atoms with Gasteiger partial charge in [-0.15, -0.1) is 0 Å². The van der Waals surface area contributed by atoms with E-state index in [9.17, 15) is 9.18 Å². The van der Waals surface area contributed by atoms with Crippen LogP contribution in [0.2, 0.25) is 0 Å². The van der Waals surface area contributed by atoms with Gasteiger partial charge in [-0.1, -0.05) is 0 Å². The molecule has 0 amide bonds. The van der Waals surface area contributed by atoms with E-state index >= 15 is 0 Å². The predicted octanol–water partition coefficient (Wildman–Crippen LogP) is 2.10. The van der Waals surface area contributed by atoms with Gasteiger partial charge in [-0.05, 0) is 26.7 Å². The van der Waals surface area contributed by atoms with Gasteiger partial charge in [0, 0.05) is 6.42 Å². The molecule has 54 valence electrons. The minimum Gasteiger partial charge on any atom is -0.303 e. The number of alkyl halides is 1. The predicted molar refractivity (Wildman–Crippen MR) is 35.1 cm³/mol. The Morgan fingerprint density at radius 2 is 2.11 bits per heavy atom. The Morgan fingerprint density at radius 1 is 1.56 bits per heavy atom. The van der Waals surface area contributed by atoms with E-state index < -0.39 is 5.67 Å². The molecule has 0 bridgehead atoms. The molecule has 0 saturated heterocycles. The lowest BCUT2D eigenvalue weighted by Crippen LogP contribution is -2.10. The zero-order chi connectivity index (χ0) is 7.33. The highest BCUT2D eigenvalue weighted by molar-refractivity contribution is 5.48. The second-order valence-corrected chi connectivity index (χ2v) is 2.78. The second-order valence-electron chi connectivity index (χ2n) is 2.78. The maximum Gasteiger partial charge on any atom is 0.119 e. The van der Waals surface area contributed by atoms with Gasteiger partial charge in [-0.2, -0.15) is 0 Å². The van der Waals surface area contributed by atoms with E-state index in [0.29, 0.717) is 19.3 Å². The Balaban J connectivity index is 3.17. The maximum atomic E-state index is 12.6. The van der Waals surface area contributed by atoms with E-state index in [1.165, 1.54) is 13.8 Å². The molecule has 0 unspecified atom stereocenters. The first-order valence-electron chi connectivity index (χ1n) is 3.19. The van der Waals surface area contributed by atoms with E-state index in [1.54, 1.807) is 0 Å². The molecule has 0 heterocycles. The first kappa shape index (κ1) is 8.60. The maximum absolute atomic E-state index is 12.6. The highest BCUT2D eigenvalue weighted by Crippen LogP contribution is 2.16. The van der Waals surface area contributed by atoms with Crippen molar-refractivity contribution in [2.45, 2.75) is 38.8 Å². The van der Waals surface area contributed by atoms with Gasteiger partial charge in [-0.25, -0.2) is 4.39 Å². The lowest BCUT2D eigenvalue weighted by atomic mass is 10.0. The van der Waals surface area contributed by atoms with Crippen LogP contribution in [-0.4, -0.2) is 12.0 Å². The summed E-state index contributed by atoms with van der Waals surface area (Å²) >= 11 is 0. The molecule has 0 rings (SSSR count). The van der Waals surface area contributed by atoms with Crippen LogP contribution in [0.4, 0.5) is 4.39 Å². The number of aldehydes is 1. The molecule has 0 aliphatic carbocycles. The van der Waals surface area contributed by atoms with Crippen molar-refractivity contribution in [2.24, 2.45) is 0 Å². The largest absolute Gasteiger partial charge is 0.303 e. The van der Waals surface area contributed by atoms with E-state index in [4.69, 9.17) is 0 Å². The Hall–Kier alpha value is -0.400. The molecule has 0 N–H and O–H groups in total. The van der Waals surface area contributed by atoms with Crippen LogP contribution in [0.25, 0.3) is 0 Å². The van der Waals surface area contributed by atoms with Crippen LogP contribution in [0.15, 0.2) is 0 Å². The molecule has 0 atom stereocenters. The average molecular weight is 132 g/mol. The Morgan fingerprint density at radius 3 is 2.44 bits per heavy atom. The third kappa shape index (κ3) is 7.60. The van der Waals surface area contributed by atoms with Gasteiger partial charge in [0.05, 0.1) is 0 Å². The molecule has 1 nitrogen and oxygen atoms in total. The molecule has 0 aromatic rings.